The van der Waals surface area contributed by atoms with E-state index in [1.165, 1.54) is 0 Å². The van der Waals surface area contributed by atoms with Gasteiger partial charge in [-0.1, -0.05) is 0 Å². The minimum absolute atomic E-state index is 0.141. The summed E-state index contributed by atoms with van der Waals surface area (Å²) < 4.78 is 13.3. The molecule has 0 amide bonds. The number of benzene rings is 1. The van der Waals surface area contributed by atoms with Crippen LogP contribution in [-0.2, 0) is 0 Å². The summed E-state index contributed by atoms with van der Waals surface area (Å²) in [5.74, 6) is 2.40. The lowest BCUT2D eigenvalue weighted by Crippen LogP contribution is -2.34. The van der Waals surface area contributed by atoms with Crippen LogP contribution in [0.4, 0.5) is 0 Å². The fourth-order valence-electron chi connectivity index (χ4n) is 4.68. The van der Waals surface area contributed by atoms with E-state index in [-0.39, 0.29) is 18.1 Å². The summed E-state index contributed by atoms with van der Waals surface area (Å²) >= 11 is 0. The Morgan fingerprint density at radius 3 is 2.81 bits per heavy atom. The fraction of sp³-hybridized carbons (Fsp3) is 0.375. The molecule has 7 heteroatoms. The van der Waals surface area contributed by atoms with Gasteiger partial charge in [0.1, 0.15) is 12.1 Å². The number of aromatic nitrogens is 3. The fourth-order valence-corrected chi connectivity index (χ4v) is 4.68. The van der Waals surface area contributed by atoms with Gasteiger partial charge >= 0.3 is 0 Å². The first-order valence-corrected chi connectivity index (χ1v) is 10.7. The number of fused-ring (bicyclic) bond motifs is 3. The third-order valence-electron chi connectivity index (χ3n) is 6.16. The number of aliphatic hydroxyl groups is 1. The van der Waals surface area contributed by atoms with Gasteiger partial charge in [-0.15, -0.1) is 0 Å². The summed E-state index contributed by atoms with van der Waals surface area (Å²) in [5, 5.41) is 10.3. The van der Waals surface area contributed by atoms with Crippen molar-refractivity contribution in [3.8, 4) is 17.3 Å². The highest BCUT2D eigenvalue weighted by Crippen LogP contribution is 2.44. The Hall–Kier alpha value is -3.19. The van der Waals surface area contributed by atoms with Crippen molar-refractivity contribution in [1.82, 2.24) is 14.5 Å². The summed E-state index contributed by atoms with van der Waals surface area (Å²) in [4.78, 5) is 13.9. The van der Waals surface area contributed by atoms with Gasteiger partial charge in [-0.05, 0) is 56.0 Å². The van der Waals surface area contributed by atoms with Crippen LogP contribution in [0, 0.1) is 0 Å². The van der Waals surface area contributed by atoms with E-state index in [0.717, 1.165) is 46.8 Å². The summed E-state index contributed by atoms with van der Waals surface area (Å²) in [5.41, 5.74) is 4.06. The van der Waals surface area contributed by atoms with Crippen LogP contribution in [0.5, 0.6) is 11.5 Å². The summed E-state index contributed by atoms with van der Waals surface area (Å²) in [7, 11) is 1.65. The summed E-state index contributed by atoms with van der Waals surface area (Å²) in [6.07, 6.45) is 9.26. The molecule has 0 bridgehead atoms. The van der Waals surface area contributed by atoms with E-state index < -0.39 is 0 Å². The molecule has 0 spiro atoms. The van der Waals surface area contributed by atoms with Crippen molar-refractivity contribution in [3.05, 3.63) is 65.9 Å². The van der Waals surface area contributed by atoms with Crippen LogP contribution in [0.15, 0.2) is 54.2 Å². The molecule has 3 unspecified atom stereocenters. The number of hydrogen-bond acceptors (Lipinski definition) is 6. The first kappa shape index (κ1) is 19.8. The largest absolute Gasteiger partial charge is 0.493 e. The Kier molecular flexibility index (Phi) is 5.19. The van der Waals surface area contributed by atoms with Gasteiger partial charge in [0.25, 0.3) is 0 Å². The number of aliphatic imine (C=N–C) groups is 1. The second kappa shape index (κ2) is 8.15. The molecule has 0 radical (unpaired) electrons. The van der Waals surface area contributed by atoms with E-state index in [1.807, 2.05) is 42.1 Å². The van der Waals surface area contributed by atoms with Gasteiger partial charge in [0.2, 0.25) is 0 Å². The predicted octanol–water partition coefficient (Wildman–Crippen LogP) is 3.52. The van der Waals surface area contributed by atoms with Crippen LogP contribution in [0.2, 0.25) is 0 Å². The topological polar surface area (TPSA) is 81.8 Å². The normalized spacial score (nSPS) is 22.3. The van der Waals surface area contributed by atoms with Crippen molar-refractivity contribution in [2.75, 3.05) is 13.7 Å². The molecule has 1 aliphatic heterocycles. The highest BCUT2D eigenvalue weighted by atomic mass is 16.5. The van der Waals surface area contributed by atoms with E-state index in [0.29, 0.717) is 18.8 Å². The van der Waals surface area contributed by atoms with Crippen molar-refractivity contribution < 1.29 is 14.6 Å². The number of rotatable bonds is 5. The molecule has 3 atom stereocenters. The SMILES string of the molecule is CCOc1cc2c(cc1OC)C(c1ccc(-n3ccnc3)nc1)=NC1CCC(O)CC21. The zero-order valence-electron chi connectivity index (χ0n) is 17.7. The van der Waals surface area contributed by atoms with Crippen LogP contribution >= 0.6 is 0 Å². The Labute approximate surface area is 181 Å². The quantitative estimate of drug-likeness (QED) is 0.686. The molecule has 0 saturated heterocycles. The molecule has 7 nitrogen and oxygen atoms in total. The Balaban J connectivity index is 1.61. The molecule has 2 aliphatic rings. The molecule has 1 aromatic carbocycles. The van der Waals surface area contributed by atoms with Gasteiger partial charge in [-0.2, -0.15) is 0 Å². The van der Waals surface area contributed by atoms with Crippen LogP contribution in [-0.4, -0.2) is 51.2 Å². The van der Waals surface area contributed by atoms with Crippen molar-refractivity contribution in [2.24, 2.45) is 4.99 Å². The minimum Gasteiger partial charge on any atom is -0.493 e. The number of aliphatic hydroxyl groups excluding tert-OH is 1. The molecule has 3 aromatic rings. The number of pyridine rings is 1. The number of ether oxygens (including phenoxy) is 2. The van der Waals surface area contributed by atoms with Gasteiger partial charge in [-0.25, -0.2) is 9.97 Å². The number of methoxy groups -OCH3 is 1. The molecule has 1 N–H and O–H groups in total. The molecule has 3 heterocycles. The van der Waals surface area contributed by atoms with E-state index >= 15 is 0 Å². The standard InChI is InChI=1S/C24H26N4O3/c1-3-31-22-11-17-18-10-16(29)5-6-20(18)27-24(19(17)12-21(22)30-2)15-4-7-23(26-13-15)28-9-8-25-14-28/h4,7-9,11-14,16,18,20,29H,3,5-6,10H2,1-2H3. The van der Waals surface area contributed by atoms with Crippen molar-refractivity contribution in [3.63, 3.8) is 0 Å². The van der Waals surface area contributed by atoms with Crippen molar-refractivity contribution >= 4 is 5.71 Å². The maximum absolute atomic E-state index is 10.3. The Morgan fingerprint density at radius 1 is 1.19 bits per heavy atom. The third-order valence-corrected chi connectivity index (χ3v) is 6.16. The zero-order valence-corrected chi connectivity index (χ0v) is 17.7. The maximum Gasteiger partial charge on any atom is 0.161 e. The maximum atomic E-state index is 10.3. The molecule has 5 rings (SSSR count). The lowest BCUT2D eigenvalue weighted by molar-refractivity contribution is 0.111. The number of nitrogens with zero attached hydrogens (tertiary/aromatic N) is 4. The summed E-state index contributed by atoms with van der Waals surface area (Å²) in [6.45, 7) is 2.53. The third kappa shape index (κ3) is 3.59. The second-order valence-corrected chi connectivity index (χ2v) is 8.02. The molecule has 1 fully saturated rings. The number of hydrogen-bond donors (Lipinski definition) is 1. The predicted molar refractivity (Wildman–Crippen MR) is 118 cm³/mol. The van der Waals surface area contributed by atoms with E-state index in [2.05, 4.69) is 16.0 Å². The zero-order chi connectivity index (χ0) is 21.4. The molecular weight excluding hydrogens is 392 g/mol. The van der Waals surface area contributed by atoms with E-state index in [9.17, 15) is 5.11 Å². The average Bonchev–Trinajstić information content (AvgIpc) is 3.34. The lowest BCUT2D eigenvalue weighted by Gasteiger charge is -2.37. The molecule has 31 heavy (non-hydrogen) atoms. The van der Waals surface area contributed by atoms with Gasteiger partial charge in [0, 0.05) is 35.6 Å². The van der Waals surface area contributed by atoms with E-state index in [1.54, 1.807) is 19.6 Å². The van der Waals surface area contributed by atoms with Crippen LogP contribution < -0.4 is 9.47 Å². The second-order valence-electron chi connectivity index (χ2n) is 8.02. The molecule has 1 aliphatic carbocycles. The molecule has 1 saturated carbocycles. The first-order chi connectivity index (χ1) is 15.2. The van der Waals surface area contributed by atoms with Crippen LogP contribution in [0.3, 0.4) is 0 Å². The molecular formula is C24H26N4O3. The van der Waals surface area contributed by atoms with Crippen molar-refractivity contribution in [1.29, 1.82) is 0 Å². The highest BCUT2D eigenvalue weighted by Gasteiger charge is 2.37. The van der Waals surface area contributed by atoms with Gasteiger partial charge in [0.05, 0.1) is 31.6 Å². The van der Waals surface area contributed by atoms with E-state index in [4.69, 9.17) is 14.5 Å². The minimum atomic E-state index is -0.292. The van der Waals surface area contributed by atoms with Crippen LogP contribution in [0.25, 0.3) is 5.82 Å². The lowest BCUT2D eigenvalue weighted by atomic mass is 9.74. The monoisotopic (exact) mass is 418 g/mol. The average molecular weight is 418 g/mol. The van der Waals surface area contributed by atoms with Gasteiger partial charge in [0.15, 0.2) is 11.5 Å². The molecule has 160 valence electrons. The highest BCUT2D eigenvalue weighted by molar-refractivity contribution is 6.14. The summed E-state index contributed by atoms with van der Waals surface area (Å²) in [6, 6.07) is 8.25. The smallest absolute Gasteiger partial charge is 0.161 e. The van der Waals surface area contributed by atoms with Gasteiger partial charge < -0.3 is 14.6 Å². The first-order valence-electron chi connectivity index (χ1n) is 10.7. The van der Waals surface area contributed by atoms with Gasteiger partial charge in [-0.3, -0.25) is 9.56 Å². The Morgan fingerprint density at radius 2 is 2.10 bits per heavy atom. The number of imidazole rings is 1. The molecule has 2 aromatic heterocycles. The van der Waals surface area contributed by atoms with Crippen LogP contribution in [0.1, 0.15) is 48.8 Å². The Bertz CT molecular complexity index is 1090. The van der Waals surface area contributed by atoms with Crippen molar-refractivity contribution in [2.45, 2.75) is 44.2 Å².